The standard InChI is InChI=1S/C27H32ClFN2O3S2/c1-34-20-4-6-24-22(16-20)21(10-12-30-24)23(29)5-2-18-11-13-31(17-19(18)3-8-26(32)33)14-15-35-27-9-7-25(28)36-27/h4,6-7,9-10,12,16,18-19,23H,2-3,5,8,11,13-15,17H2,1H3,(H,32,33)/t18-,19+,23?/m1/s1. The van der Waals surface area contributed by atoms with Gasteiger partial charge in [-0.25, -0.2) is 4.39 Å². The molecule has 1 aromatic carbocycles. The van der Waals surface area contributed by atoms with Gasteiger partial charge in [-0.05, 0) is 86.0 Å². The Labute approximate surface area is 225 Å². The first-order valence-corrected chi connectivity index (χ1v) is 14.5. The molecule has 3 heterocycles. The maximum absolute atomic E-state index is 15.5. The van der Waals surface area contributed by atoms with Crippen LogP contribution in [0.2, 0.25) is 4.34 Å². The van der Waals surface area contributed by atoms with Crippen LogP contribution in [0.5, 0.6) is 5.75 Å². The van der Waals surface area contributed by atoms with E-state index >= 15 is 4.39 Å². The van der Waals surface area contributed by atoms with Gasteiger partial charge in [0.25, 0.3) is 0 Å². The molecule has 3 aromatic rings. The minimum atomic E-state index is -1.10. The molecule has 1 saturated heterocycles. The molecule has 194 valence electrons. The molecule has 2 aromatic heterocycles. The third-order valence-corrected chi connectivity index (χ3v) is 9.45. The van der Waals surface area contributed by atoms with Gasteiger partial charge in [0.2, 0.25) is 0 Å². The molecule has 4 rings (SSSR count). The lowest BCUT2D eigenvalue weighted by Gasteiger charge is -2.39. The van der Waals surface area contributed by atoms with Gasteiger partial charge in [-0.15, -0.1) is 23.1 Å². The van der Waals surface area contributed by atoms with Crippen LogP contribution < -0.4 is 4.74 Å². The van der Waals surface area contributed by atoms with E-state index in [1.807, 2.05) is 24.3 Å². The second-order valence-electron chi connectivity index (χ2n) is 9.28. The fourth-order valence-electron chi connectivity index (χ4n) is 5.09. The number of likely N-dealkylation sites (tertiary alicyclic amines) is 1. The molecular weight excluding hydrogens is 519 g/mol. The van der Waals surface area contributed by atoms with Gasteiger partial charge in [-0.1, -0.05) is 11.6 Å². The van der Waals surface area contributed by atoms with Crippen LogP contribution in [0.15, 0.2) is 46.8 Å². The molecule has 3 atom stereocenters. The number of rotatable bonds is 12. The van der Waals surface area contributed by atoms with Crippen molar-refractivity contribution < 1.29 is 19.0 Å². The van der Waals surface area contributed by atoms with Crippen molar-refractivity contribution in [2.24, 2.45) is 11.8 Å². The quantitative estimate of drug-likeness (QED) is 0.238. The van der Waals surface area contributed by atoms with E-state index in [0.29, 0.717) is 30.1 Å². The lowest BCUT2D eigenvalue weighted by Crippen LogP contribution is -2.41. The highest BCUT2D eigenvalue weighted by Crippen LogP contribution is 2.37. The van der Waals surface area contributed by atoms with Gasteiger partial charge >= 0.3 is 5.97 Å². The summed E-state index contributed by atoms with van der Waals surface area (Å²) in [6.45, 7) is 2.79. The van der Waals surface area contributed by atoms with Crippen molar-refractivity contribution in [1.29, 1.82) is 0 Å². The zero-order valence-corrected chi connectivity index (χ0v) is 22.8. The van der Waals surface area contributed by atoms with Crippen LogP contribution in [0.1, 0.15) is 43.8 Å². The number of hydrogen-bond acceptors (Lipinski definition) is 6. The van der Waals surface area contributed by atoms with Gasteiger partial charge in [0.1, 0.15) is 11.9 Å². The van der Waals surface area contributed by atoms with Crippen molar-refractivity contribution in [2.75, 3.05) is 32.5 Å². The molecule has 1 unspecified atom stereocenters. The average molecular weight is 551 g/mol. The number of aliphatic carboxylic acids is 1. The number of ether oxygens (including phenoxy) is 1. The summed E-state index contributed by atoms with van der Waals surface area (Å²) < 4.78 is 22.9. The number of methoxy groups -OCH3 is 1. The smallest absolute Gasteiger partial charge is 0.303 e. The molecule has 5 nitrogen and oxygen atoms in total. The van der Waals surface area contributed by atoms with Crippen LogP contribution in [-0.2, 0) is 4.79 Å². The number of nitrogens with zero attached hydrogens (tertiary/aromatic N) is 2. The van der Waals surface area contributed by atoms with E-state index < -0.39 is 12.1 Å². The van der Waals surface area contributed by atoms with E-state index in [-0.39, 0.29) is 12.3 Å². The van der Waals surface area contributed by atoms with Crippen LogP contribution in [0.3, 0.4) is 0 Å². The number of carbonyl (C=O) groups is 1. The van der Waals surface area contributed by atoms with Crippen LogP contribution in [0.25, 0.3) is 10.9 Å². The summed E-state index contributed by atoms with van der Waals surface area (Å²) in [4.78, 5) is 18.1. The van der Waals surface area contributed by atoms with Crippen molar-refractivity contribution in [3.8, 4) is 5.75 Å². The number of carboxylic acids is 1. The largest absolute Gasteiger partial charge is 0.497 e. The molecule has 36 heavy (non-hydrogen) atoms. The number of aromatic nitrogens is 1. The van der Waals surface area contributed by atoms with E-state index in [2.05, 4.69) is 16.0 Å². The van der Waals surface area contributed by atoms with Crippen LogP contribution in [0.4, 0.5) is 4.39 Å². The second kappa shape index (κ2) is 13.1. The number of benzene rings is 1. The Kier molecular flexibility index (Phi) is 9.87. The molecule has 0 radical (unpaired) electrons. The monoisotopic (exact) mass is 550 g/mol. The van der Waals surface area contributed by atoms with E-state index in [1.165, 1.54) is 4.21 Å². The first-order valence-electron chi connectivity index (χ1n) is 12.3. The van der Waals surface area contributed by atoms with Gasteiger partial charge in [-0.3, -0.25) is 9.78 Å². The first kappa shape index (κ1) is 27.2. The summed E-state index contributed by atoms with van der Waals surface area (Å²) in [6, 6.07) is 11.3. The maximum Gasteiger partial charge on any atom is 0.303 e. The van der Waals surface area contributed by atoms with Gasteiger partial charge in [0, 0.05) is 36.8 Å². The third kappa shape index (κ3) is 7.34. The van der Waals surface area contributed by atoms with Crippen molar-refractivity contribution in [1.82, 2.24) is 9.88 Å². The van der Waals surface area contributed by atoms with Crippen LogP contribution >= 0.6 is 34.7 Å². The molecule has 1 aliphatic rings. The Morgan fingerprint density at radius 3 is 2.92 bits per heavy atom. The predicted molar refractivity (Wildman–Crippen MR) is 146 cm³/mol. The van der Waals surface area contributed by atoms with Gasteiger partial charge < -0.3 is 14.7 Å². The van der Waals surface area contributed by atoms with Crippen molar-refractivity contribution in [3.05, 3.63) is 52.5 Å². The van der Waals surface area contributed by atoms with E-state index in [9.17, 15) is 9.90 Å². The van der Waals surface area contributed by atoms with Crippen molar-refractivity contribution >= 4 is 51.6 Å². The highest BCUT2D eigenvalue weighted by molar-refractivity contribution is 8.01. The summed E-state index contributed by atoms with van der Waals surface area (Å²) in [7, 11) is 1.60. The molecule has 1 aliphatic heterocycles. The highest BCUT2D eigenvalue weighted by atomic mass is 35.5. The Hall–Kier alpha value is -1.87. The van der Waals surface area contributed by atoms with E-state index in [4.69, 9.17) is 16.3 Å². The number of pyridine rings is 1. The SMILES string of the molecule is COc1ccc2nccc(C(F)CC[C@@H]3CCN(CCSc4ccc(Cl)s4)C[C@@H]3CCC(=O)O)c2c1. The van der Waals surface area contributed by atoms with Gasteiger partial charge in [0.15, 0.2) is 0 Å². The predicted octanol–water partition coefficient (Wildman–Crippen LogP) is 7.34. The number of alkyl halides is 1. The summed E-state index contributed by atoms with van der Waals surface area (Å²) in [5.74, 6) is 1.47. The van der Waals surface area contributed by atoms with E-state index in [1.54, 1.807) is 42.5 Å². The highest BCUT2D eigenvalue weighted by Gasteiger charge is 2.30. The summed E-state index contributed by atoms with van der Waals surface area (Å²) in [5, 5.41) is 10.1. The Bertz CT molecular complexity index is 1160. The zero-order chi connectivity index (χ0) is 25.5. The number of thioether (sulfide) groups is 1. The summed E-state index contributed by atoms with van der Waals surface area (Å²) in [6.07, 6.45) is 3.48. The molecule has 1 N–H and O–H groups in total. The lowest BCUT2D eigenvalue weighted by molar-refractivity contribution is -0.137. The molecule has 0 aliphatic carbocycles. The van der Waals surface area contributed by atoms with Crippen LogP contribution in [-0.4, -0.2) is 53.5 Å². The zero-order valence-electron chi connectivity index (χ0n) is 20.4. The Morgan fingerprint density at radius 2 is 2.17 bits per heavy atom. The summed E-state index contributed by atoms with van der Waals surface area (Å²) in [5.41, 5.74) is 1.40. The average Bonchev–Trinajstić information content (AvgIpc) is 3.30. The molecule has 0 saturated carbocycles. The number of carboxylic acid groups (broad SMARTS) is 1. The molecule has 0 amide bonds. The number of fused-ring (bicyclic) bond motifs is 1. The number of halogens is 2. The minimum Gasteiger partial charge on any atom is -0.497 e. The number of hydrogen-bond donors (Lipinski definition) is 1. The van der Waals surface area contributed by atoms with Crippen molar-refractivity contribution in [3.63, 3.8) is 0 Å². The van der Waals surface area contributed by atoms with Crippen molar-refractivity contribution in [2.45, 2.75) is 42.5 Å². The number of thiophene rings is 1. The Balaban J connectivity index is 1.35. The minimum absolute atomic E-state index is 0.158. The third-order valence-electron chi connectivity index (χ3n) is 7.02. The number of piperidine rings is 1. The van der Waals surface area contributed by atoms with Gasteiger partial charge in [-0.2, -0.15) is 0 Å². The fourth-order valence-corrected chi connectivity index (χ4v) is 7.47. The first-order chi connectivity index (χ1) is 17.4. The molecule has 0 spiro atoms. The normalized spacial score (nSPS) is 19.4. The van der Waals surface area contributed by atoms with Crippen LogP contribution in [0, 0.1) is 11.8 Å². The second-order valence-corrected chi connectivity index (χ2v) is 12.4. The molecule has 1 fully saturated rings. The van der Waals surface area contributed by atoms with E-state index in [0.717, 1.165) is 53.5 Å². The summed E-state index contributed by atoms with van der Waals surface area (Å²) >= 11 is 9.43. The Morgan fingerprint density at radius 1 is 1.31 bits per heavy atom. The van der Waals surface area contributed by atoms with Gasteiger partial charge in [0.05, 0.1) is 21.2 Å². The molecule has 0 bridgehead atoms. The lowest BCUT2D eigenvalue weighted by atomic mass is 9.79. The maximum atomic E-state index is 15.5. The topological polar surface area (TPSA) is 62.7 Å². The molecule has 9 heteroatoms. The molecular formula is C27H32ClFN2O3S2. The fraction of sp³-hybridized carbons (Fsp3) is 0.481.